The molecule has 7 heteroatoms. The van der Waals surface area contributed by atoms with E-state index in [-0.39, 0.29) is 6.04 Å². The van der Waals surface area contributed by atoms with E-state index in [0.29, 0.717) is 28.9 Å². The summed E-state index contributed by atoms with van der Waals surface area (Å²) in [4.78, 5) is 6.81. The summed E-state index contributed by atoms with van der Waals surface area (Å²) in [6, 6.07) is 6.13. The van der Waals surface area contributed by atoms with Crippen LogP contribution in [0.5, 0.6) is 5.75 Å². The van der Waals surface area contributed by atoms with Crippen molar-refractivity contribution in [2.75, 3.05) is 18.1 Å². The van der Waals surface area contributed by atoms with Crippen molar-refractivity contribution < 1.29 is 13.5 Å². The molecule has 1 N–H and O–H groups in total. The van der Waals surface area contributed by atoms with Crippen LogP contribution in [0, 0.1) is 11.6 Å². The Bertz CT molecular complexity index is 922. The molecule has 24 heavy (non-hydrogen) atoms. The molecule has 0 atom stereocenters. The van der Waals surface area contributed by atoms with Gasteiger partial charge < -0.3 is 9.64 Å². The highest BCUT2D eigenvalue weighted by Gasteiger charge is 2.23. The minimum absolute atomic E-state index is 0.276. The second-order valence-electron chi connectivity index (χ2n) is 6.04. The Morgan fingerprint density at radius 2 is 2.00 bits per heavy atom. The molecule has 0 fully saturated rings. The van der Waals surface area contributed by atoms with E-state index in [9.17, 15) is 8.78 Å². The lowest BCUT2D eigenvalue weighted by atomic mass is 10.1. The molecule has 0 bridgehead atoms. The second kappa shape index (κ2) is 5.43. The van der Waals surface area contributed by atoms with E-state index in [4.69, 9.17) is 4.74 Å². The Balaban J connectivity index is 1.86. The Kier molecular flexibility index (Phi) is 3.37. The smallest absolute Gasteiger partial charge is 0.172 e. The fourth-order valence-electron chi connectivity index (χ4n) is 2.96. The van der Waals surface area contributed by atoms with Crippen LogP contribution >= 0.6 is 0 Å². The topological polar surface area (TPSA) is 54.0 Å². The van der Waals surface area contributed by atoms with Crippen LogP contribution in [0.15, 0.2) is 24.3 Å². The van der Waals surface area contributed by atoms with Crippen LogP contribution in [-0.4, -0.2) is 34.4 Å². The summed E-state index contributed by atoms with van der Waals surface area (Å²) in [6.07, 6.45) is 0. The van der Waals surface area contributed by atoms with E-state index >= 15 is 0 Å². The van der Waals surface area contributed by atoms with Crippen LogP contribution in [0.1, 0.15) is 13.8 Å². The predicted octanol–water partition coefficient (Wildman–Crippen LogP) is 3.51. The number of aromatic nitrogens is 3. The van der Waals surface area contributed by atoms with Gasteiger partial charge in [0, 0.05) is 17.5 Å². The normalized spacial score (nSPS) is 14.1. The first-order valence-electron chi connectivity index (χ1n) is 7.78. The fraction of sp³-hybridized carbons (Fsp3) is 0.294. The standard InChI is InChI=1S/C17H16F2N4O/c1-9(2)23-5-6-24-15-4-3-13(20-17(15)23)16-10-7-11(18)12(19)8-14(10)21-22-16/h3-4,7-9H,5-6H2,1-2H3,(H,21,22). The van der Waals surface area contributed by atoms with E-state index in [1.807, 2.05) is 6.07 Å². The Morgan fingerprint density at radius 3 is 2.79 bits per heavy atom. The molecule has 2 aromatic heterocycles. The molecule has 0 spiro atoms. The number of ether oxygens (including phenoxy) is 1. The average Bonchev–Trinajstić information content (AvgIpc) is 2.96. The van der Waals surface area contributed by atoms with Crippen molar-refractivity contribution in [3.8, 4) is 17.1 Å². The molecule has 0 aliphatic carbocycles. The molecular weight excluding hydrogens is 314 g/mol. The lowest BCUT2D eigenvalue weighted by Crippen LogP contribution is -2.38. The molecule has 0 saturated heterocycles. The van der Waals surface area contributed by atoms with Gasteiger partial charge in [-0.15, -0.1) is 0 Å². The van der Waals surface area contributed by atoms with Crippen molar-refractivity contribution in [2.45, 2.75) is 19.9 Å². The van der Waals surface area contributed by atoms with E-state index in [1.54, 1.807) is 6.07 Å². The van der Waals surface area contributed by atoms with Gasteiger partial charge >= 0.3 is 0 Å². The average molecular weight is 330 g/mol. The van der Waals surface area contributed by atoms with Gasteiger partial charge in [-0.1, -0.05) is 0 Å². The van der Waals surface area contributed by atoms with Gasteiger partial charge in [0.25, 0.3) is 0 Å². The summed E-state index contributed by atoms with van der Waals surface area (Å²) < 4.78 is 32.6. The molecule has 0 saturated carbocycles. The molecule has 0 amide bonds. The quantitative estimate of drug-likeness (QED) is 0.781. The number of rotatable bonds is 2. The number of hydrogen-bond acceptors (Lipinski definition) is 4. The number of H-pyrrole nitrogens is 1. The molecular formula is C17H16F2N4O. The largest absolute Gasteiger partial charge is 0.488 e. The first-order valence-corrected chi connectivity index (χ1v) is 7.78. The van der Waals surface area contributed by atoms with Gasteiger partial charge in [-0.05, 0) is 32.0 Å². The minimum Gasteiger partial charge on any atom is -0.488 e. The summed E-state index contributed by atoms with van der Waals surface area (Å²) in [5.41, 5.74) is 1.50. The highest BCUT2D eigenvalue weighted by Crippen LogP contribution is 2.35. The molecule has 1 aromatic carbocycles. The van der Waals surface area contributed by atoms with Crippen LogP contribution < -0.4 is 9.64 Å². The number of halogens is 2. The van der Waals surface area contributed by atoms with Gasteiger partial charge in [0.15, 0.2) is 23.2 Å². The van der Waals surface area contributed by atoms with Crippen molar-refractivity contribution in [3.05, 3.63) is 35.9 Å². The summed E-state index contributed by atoms with van der Waals surface area (Å²) in [7, 11) is 0. The van der Waals surface area contributed by atoms with Gasteiger partial charge in [0.05, 0.1) is 17.8 Å². The van der Waals surface area contributed by atoms with Crippen LogP contribution in [0.25, 0.3) is 22.3 Å². The van der Waals surface area contributed by atoms with E-state index in [2.05, 4.69) is 33.9 Å². The first-order chi connectivity index (χ1) is 11.5. The SMILES string of the molecule is CC(C)N1CCOc2ccc(-c3n[nH]c4cc(F)c(F)cc34)nc21. The van der Waals surface area contributed by atoms with Gasteiger partial charge in [-0.25, -0.2) is 13.8 Å². The third-order valence-electron chi connectivity index (χ3n) is 4.17. The van der Waals surface area contributed by atoms with Crippen molar-refractivity contribution in [2.24, 2.45) is 0 Å². The molecule has 5 nitrogen and oxygen atoms in total. The first kappa shape index (κ1) is 14.9. The number of pyridine rings is 1. The van der Waals surface area contributed by atoms with Crippen molar-refractivity contribution in [1.29, 1.82) is 0 Å². The van der Waals surface area contributed by atoms with Crippen LogP contribution in [0.3, 0.4) is 0 Å². The van der Waals surface area contributed by atoms with Crippen LogP contribution in [0.4, 0.5) is 14.6 Å². The molecule has 3 aromatic rings. The van der Waals surface area contributed by atoms with E-state index < -0.39 is 11.6 Å². The minimum atomic E-state index is -0.907. The Labute approximate surface area is 137 Å². The van der Waals surface area contributed by atoms with Crippen molar-refractivity contribution in [3.63, 3.8) is 0 Å². The molecule has 0 unspecified atom stereocenters. The maximum atomic E-state index is 13.6. The maximum absolute atomic E-state index is 13.6. The fourth-order valence-corrected chi connectivity index (χ4v) is 2.96. The molecule has 1 aliphatic rings. The van der Waals surface area contributed by atoms with Crippen LogP contribution in [-0.2, 0) is 0 Å². The highest BCUT2D eigenvalue weighted by molar-refractivity contribution is 5.92. The second-order valence-corrected chi connectivity index (χ2v) is 6.04. The van der Waals surface area contributed by atoms with Crippen LogP contribution in [0.2, 0.25) is 0 Å². The molecule has 4 rings (SSSR count). The molecule has 1 aliphatic heterocycles. The van der Waals surface area contributed by atoms with E-state index in [1.165, 1.54) is 0 Å². The third-order valence-corrected chi connectivity index (χ3v) is 4.17. The number of benzene rings is 1. The lowest BCUT2D eigenvalue weighted by molar-refractivity contribution is 0.300. The van der Waals surface area contributed by atoms with Gasteiger partial charge in [-0.2, -0.15) is 5.10 Å². The number of aromatic amines is 1. The van der Waals surface area contributed by atoms with Gasteiger partial charge in [0.2, 0.25) is 0 Å². The summed E-state index contributed by atoms with van der Waals surface area (Å²) in [5, 5.41) is 7.41. The molecule has 3 heterocycles. The highest BCUT2D eigenvalue weighted by atomic mass is 19.2. The maximum Gasteiger partial charge on any atom is 0.172 e. The third kappa shape index (κ3) is 2.28. The van der Waals surface area contributed by atoms with Gasteiger partial charge in [-0.3, -0.25) is 5.10 Å². The summed E-state index contributed by atoms with van der Waals surface area (Å²) in [5.74, 6) is -0.353. The van der Waals surface area contributed by atoms with E-state index in [0.717, 1.165) is 30.2 Å². The number of anilines is 1. The Hall–Kier alpha value is -2.70. The zero-order chi connectivity index (χ0) is 16.8. The van der Waals surface area contributed by atoms with Crippen molar-refractivity contribution >= 4 is 16.7 Å². The summed E-state index contributed by atoms with van der Waals surface area (Å²) in [6.45, 7) is 5.54. The zero-order valence-corrected chi connectivity index (χ0v) is 13.3. The van der Waals surface area contributed by atoms with Gasteiger partial charge in [0.1, 0.15) is 12.3 Å². The number of fused-ring (bicyclic) bond motifs is 2. The van der Waals surface area contributed by atoms with Crippen molar-refractivity contribution in [1.82, 2.24) is 15.2 Å². The number of nitrogens with one attached hydrogen (secondary N) is 1. The Morgan fingerprint density at radius 1 is 1.21 bits per heavy atom. The predicted molar refractivity (Wildman–Crippen MR) is 87.2 cm³/mol. The zero-order valence-electron chi connectivity index (χ0n) is 13.3. The molecule has 0 radical (unpaired) electrons. The number of hydrogen-bond donors (Lipinski definition) is 1. The summed E-state index contributed by atoms with van der Waals surface area (Å²) >= 11 is 0. The lowest BCUT2D eigenvalue weighted by Gasteiger charge is -2.33. The molecule has 124 valence electrons. The number of nitrogens with zero attached hydrogens (tertiary/aromatic N) is 3. The monoisotopic (exact) mass is 330 g/mol.